The van der Waals surface area contributed by atoms with E-state index < -0.39 is 0 Å². The Bertz CT molecular complexity index is 217. The van der Waals surface area contributed by atoms with E-state index in [9.17, 15) is 4.79 Å². The molecule has 1 fully saturated rings. The van der Waals surface area contributed by atoms with Crippen LogP contribution >= 0.6 is 0 Å². The van der Waals surface area contributed by atoms with Gasteiger partial charge < -0.3 is 15.4 Å². The minimum atomic E-state index is -0.0117. The van der Waals surface area contributed by atoms with Gasteiger partial charge in [-0.3, -0.25) is 4.79 Å². The van der Waals surface area contributed by atoms with Gasteiger partial charge in [0.1, 0.15) is 0 Å². The van der Waals surface area contributed by atoms with Crippen molar-refractivity contribution in [2.24, 2.45) is 11.7 Å². The molecular formula is C12H24N2O2. The standard InChI is InChI=1S/C12H24N2O2/c1-3-11(13)8-12(15)14(2)6-7-16-9-10-4-5-10/h10-11H,3-9,13H2,1-2H3. The number of nitrogens with zero attached hydrogens (tertiary/aromatic N) is 1. The third-order valence-corrected chi connectivity index (χ3v) is 3.01. The zero-order chi connectivity index (χ0) is 12.0. The number of ether oxygens (including phenoxy) is 1. The number of hydrogen-bond donors (Lipinski definition) is 1. The molecule has 0 saturated heterocycles. The summed E-state index contributed by atoms with van der Waals surface area (Å²) >= 11 is 0. The first-order valence-corrected chi connectivity index (χ1v) is 6.20. The van der Waals surface area contributed by atoms with Crippen LogP contribution in [-0.2, 0) is 9.53 Å². The molecule has 0 bridgehead atoms. The van der Waals surface area contributed by atoms with Crippen LogP contribution in [-0.4, -0.2) is 43.7 Å². The number of hydrogen-bond acceptors (Lipinski definition) is 3. The highest BCUT2D eigenvalue weighted by Crippen LogP contribution is 2.28. The maximum atomic E-state index is 11.6. The smallest absolute Gasteiger partial charge is 0.223 e. The van der Waals surface area contributed by atoms with Crippen LogP contribution in [0.5, 0.6) is 0 Å². The summed E-state index contributed by atoms with van der Waals surface area (Å²) < 4.78 is 5.48. The fraction of sp³-hybridized carbons (Fsp3) is 0.917. The van der Waals surface area contributed by atoms with E-state index in [-0.39, 0.29) is 11.9 Å². The molecule has 1 rings (SSSR count). The summed E-state index contributed by atoms with van der Waals surface area (Å²) in [4.78, 5) is 13.4. The Morgan fingerprint density at radius 1 is 1.56 bits per heavy atom. The molecule has 94 valence electrons. The highest BCUT2D eigenvalue weighted by molar-refractivity contribution is 5.76. The Morgan fingerprint density at radius 2 is 2.25 bits per heavy atom. The Hall–Kier alpha value is -0.610. The molecule has 1 saturated carbocycles. The maximum Gasteiger partial charge on any atom is 0.223 e. The summed E-state index contributed by atoms with van der Waals surface area (Å²) in [7, 11) is 1.81. The normalized spacial score (nSPS) is 17.2. The third kappa shape index (κ3) is 5.47. The van der Waals surface area contributed by atoms with Crippen molar-refractivity contribution in [3.05, 3.63) is 0 Å². The van der Waals surface area contributed by atoms with Crippen molar-refractivity contribution in [3.8, 4) is 0 Å². The fourth-order valence-corrected chi connectivity index (χ4v) is 1.39. The highest BCUT2D eigenvalue weighted by atomic mass is 16.5. The number of rotatable bonds is 8. The van der Waals surface area contributed by atoms with E-state index in [0.29, 0.717) is 19.6 Å². The van der Waals surface area contributed by atoms with Crippen LogP contribution in [0.15, 0.2) is 0 Å². The second-order valence-corrected chi connectivity index (χ2v) is 4.71. The Morgan fingerprint density at radius 3 is 2.81 bits per heavy atom. The summed E-state index contributed by atoms with van der Waals surface area (Å²) in [6.45, 7) is 4.16. The van der Waals surface area contributed by atoms with E-state index in [1.807, 2.05) is 14.0 Å². The van der Waals surface area contributed by atoms with Crippen LogP contribution in [0.1, 0.15) is 32.6 Å². The van der Waals surface area contributed by atoms with Crippen LogP contribution in [0.25, 0.3) is 0 Å². The number of nitrogens with two attached hydrogens (primary N) is 1. The van der Waals surface area contributed by atoms with Crippen molar-refractivity contribution < 1.29 is 9.53 Å². The van der Waals surface area contributed by atoms with Crippen molar-refractivity contribution in [1.29, 1.82) is 0 Å². The van der Waals surface area contributed by atoms with Crippen LogP contribution in [0.3, 0.4) is 0 Å². The van der Waals surface area contributed by atoms with Crippen molar-refractivity contribution in [2.75, 3.05) is 26.8 Å². The van der Waals surface area contributed by atoms with Crippen LogP contribution < -0.4 is 5.73 Å². The van der Waals surface area contributed by atoms with Crippen molar-refractivity contribution in [2.45, 2.75) is 38.6 Å². The lowest BCUT2D eigenvalue weighted by Gasteiger charge is -2.19. The first-order chi connectivity index (χ1) is 7.63. The zero-order valence-electron chi connectivity index (χ0n) is 10.4. The molecular weight excluding hydrogens is 204 g/mol. The van der Waals surface area contributed by atoms with Gasteiger partial charge in [-0.05, 0) is 25.2 Å². The molecule has 0 aliphatic heterocycles. The maximum absolute atomic E-state index is 11.6. The first-order valence-electron chi connectivity index (χ1n) is 6.20. The second kappa shape index (κ2) is 6.86. The van der Waals surface area contributed by atoms with E-state index in [2.05, 4.69) is 0 Å². The van der Waals surface area contributed by atoms with E-state index in [0.717, 1.165) is 18.9 Å². The molecule has 0 aromatic rings. The predicted molar refractivity (Wildman–Crippen MR) is 64.1 cm³/mol. The van der Waals surface area contributed by atoms with Gasteiger partial charge in [0, 0.05) is 32.7 Å². The molecule has 1 unspecified atom stereocenters. The van der Waals surface area contributed by atoms with Gasteiger partial charge in [0.2, 0.25) is 5.91 Å². The average Bonchev–Trinajstić information content (AvgIpc) is 3.07. The van der Waals surface area contributed by atoms with Gasteiger partial charge in [0.15, 0.2) is 0 Å². The van der Waals surface area contributed by atoms with E-state index in [4.69, 9.17) is 10.5 Å². The van der Waals surface area contributed by atoms with Gasteiger partial charge >= 0.3 is 0 Å². The minimum absolute atomic E-state index is 0.0117. The van der Waals surface area contributed by atoms with Crippen molar-refractivity contribution in [3.63, 3.8) is 0 Å². The lowest BCUT2D eigenvalue weighted by molar-refractivity contribution is -0.130. The molecule has 0 aromatic carbocycles. The molecule has 1 amide bonds. The van der Waals surface area contributed by atoms with Crippen LogP contribution in [0.2, 0.25) is 0 Å². The van der Waals surface area contributed by atoms with E-state index >= 15 is 0 Å². The van der Waals surface area contributed by atoms with E-state index in [1.165, 1.54) is 12.8 Å². The molecule has 1 aliphatic carbocycles. The van der Waals surface area contributed by atoms with Gasteiger partial charge in [-0.25, -0.2) is 0 Å². The molecule has 4 nitrogen and oxygen atoms in total. The SMILES string of the molecule is CCC(N)CC(=O)N(C)CCOCC1CC1. The Balaban J connectivity index is 2.02. The average molecular weight is 228 g/mol. The van der Waals surface area contributed by atoms with Gasteiger partial charge in [-0.15, -0.1) is 0 Å². The minimum Gasteiger partial charge on any atom is -0.379 e. The van der Waals surface area contributed by atoms with Crippen LogP contribution in [0, 0.1) is 5.92 Å². The largest absolute Gasteiger partial charge is 0.379 e. The van der Waals surface area contributed by atoms with E-state index in [1.54, 1.807) is 4.90 Å². The summed E-state index contributed by atoms with van der Waals surface area (Å²) in [5.41, 5.74) is 5.74. The molecule has 1 aliphatic rings. The van der Waals surface area contributed by atoms with Crippen molar-refractivity contribution >= 4 is 5.91 Å². The molecule has 16 heavy (non-hydrogen) atoms. The summed E-state index contributed by atoms with van der Waals surface area (Å²) in [6, 6.07) is -0.0117. The molecule has 1 atom stereocenters. The number of amides is 1. The highest BCUT2D eigenvalue weighted by Gasteiger charge is 2.21. The first kappa shape index (κ1) is 13.5. The molecule has 4 heteroatoms. The summed E-state index contributed by atoms with van der Waals surface area (Å²) in [5.74, 6) is 0.902. The number of carbonyl (C=O) groups excluding carboxylic acids is 1. The monoisotopic (exact) mass is 228 g/mol. The molecule has 0 aromatic heterocycles. The number of likely N-dealkylation sites (N-methyl/N-ethyl adjacent to an activating group) is 1. The lowest BCUT2D eigenvalue weighted by atomic mass is 10.1. The summed E-state index contributed by atoms with van der Waals surface area (Å²) in [5, 5.41) is 0. The quantitative estimate of drug-likeness (QED) is 0.631. The molecule has 0 radical (unpaired) electrons. The fourth-order valence-electron chi connectivity index (χ4n) is 1.39. The summed E-state index contributed by atoms with van der Waals surface area (Å²) in [6.07, 6.45) is 3.90. The molecule has 0 spiro atoms. The van der Waals surface area contributed by atoms with Gasteiger partial charge in [0.05, 0.1) is 6.61 Å². The lowest BCUT2D eigenvalue weighted by Crippen LogP contribution is -2.35. The van der Waals surface area contributed by atoms with Gasteiger partial charge in [-0.1, -0.05) is 6.92 Å². The van der Waals surface area contributed by atoms with Crippen molar-refractivity contribution in [1.82, 2.24) is 4.90 Å². The van der Waals surface area contributed by atoms with Crippen LogP contribution in [0.4, 0.5) is 0 Å². The van der Waals surface area contributed by atoms with Gasteiger partial charge in [-0.2, -0.15) is 0 Å². The topological polar surface area (TPSA) is 55.6 Å². The zero-order valence-corrected chi connectivity index (χ0v) is 10.4. The number of carbonyl (C=O) groups is 1. The third-order valence-electron chi connectivity index (χ3n) is 3.01. The Labute approximate surface area is 98.1 Å². The molecule has 2 N–H and O–H groups in total. The predicted octanol–water partition coefficient (Wildman–Crippen LogP) is 0.999. The van der Waals surface area contributed by atoms with Gasteiger partial charge in [0.25, 0.3) is 0 Å². The Kier molecular flexibility index (Phi) is 5.77. The second-order valence-electron chi connectivity index (χ2n) is 4.71. The molecule has 0 heterocycles.